The Hall–Kier alpha value is -1.33. The van der Waals surface area contributed by atoms with E-state index in [-0.39, 0.29) is 11.9 Å². The van der Waals surface area contributed by atoms with Crippen LogP contribution >= 0.6 is 11.6 Å². The summed E-state index contributed by atoms with van der Waals surface area (Å²) in [5.74, 6) is 0.483. The predicted molar refractivity (Wildman–Crippen MR) is 86.0 cm³/mol. The summed E-state index contributed by atoms with van der Waals surface area (Å²) in [4.78, 5) is 18.8. The highest BCUT2D eigenvalue weighted by atomic mass is 35.5. The van der Waals surface area contributed by atoms with Crippen LogP contribution in [0.4, 0.5) is 5.82 Å². The van der Waals surface area contributed by atoms with Crippen molar-refractivity contribution in [3.63, 3.8) is 0 Å². The van der Waals surface area contributed by atoms with E-state index in [1.165, 1.54) is 25.5 Å². The van der Waals surface area contributed by atoms with Gasteiger partial charge in [0.15, 0.2) is 0 Å². The van der Waals surface area contributed by atoms with E-state index in [2.05, 4.69) is 20.5 Å². The van der Waals surface area contributed by atoms with Crippen LogP contribution in [0.1, 0.15) is 36.5 Å². The van der Waals surface area contributed by atoms with Gasteiger partial charge in [0, 0.05) is 25.8 Å². The molecule has 0 aromatic carbocycles. The van der Waals surface area contributed by atoms with E-state index < -0.39 is 0 Å². The standard InChI is InChI=1S/C15H23ClN4O/c1-11(10-20-6-4-3-5-7-20)19-15(21)12-8-14(17-2)18-9-13(12)16/h8-9,11H,3-7,10H2,1-2H3,(H,17,18)(H,19,21). The zero-order valence-electron chi connectivity index (χ0n) is 12.7. The van der Waals surface area contributed by atoms with Gasteiger partial charge in [0.25, 0.3) is 5.91 Å². The molecule has 1 fully saturated rings. The molecule has 2 rings (SSSR count). The smallest absolute Gasteiger partial charge is 0.253 e. The average molecular weight is 311 g/mol. The van der Waals surface area contributed by atoms with Gasteiger partial charge < -0.3 is 15.5 Å². The Morgan fingerprint density at radius 2 is 2.14 bits per heavy atom. The normalized spacial score (nSPS) is 17.3. The minimum absolute atomic E-state index is 0.0952. The number of anilines is 1. The molecule has 21 heavy (non-hydrogen) atoms. The van der Waals surface area contributed by atoms with Crippen molar-refractivity contribution in [1.82, 2.24) is 15.2 Å². The van der Waals surface area contributed by atoms with Crippen molar-refractivity contribution in [2.45, 2.75) is 32.2 Å². The summed E-state index contributed by atoms with van der Waals surface area (Å²) < 4.78 is 0. The molecule has 1 amide bonds. The monoisotopic (exact) mass is 310 g/mol. The second kappa shape index (κ2) is 7.61. The SMILES string of the molecule is CNc1cc(C(=O)NC(C)CN2CCCCC2)c(Cl)cn1. The van der Waals surface area contributed by atoms with Crippen molar-refractivity contribution in [3.8, 4) is 0 Å². The number of hydrogen-bond acceptors (Lipinski definition) is 4. The number of carbonyl (C=O) groups excluding carboxylic acids is 1. The van der Waals surface area contributed by atoms with Crippen LogP contribution in [0.5, 0.6) is 0 Å². The number of pyridine rings is 1. The molecule has 1 aromatic heterocycles. The van der Waals surface area contributed by atoms with Crippen molar-refractivity contribution in [2.75, 3.05) is 32.0 Å². The van der Waals surface area contributed by atoms with Gasteiger partial charge in [-0.25, -0.2) is 4.98 Å². The molecule has 0 bridgehead atoms. The van der Waals surface area contributed by atoms with Gasteiger partial charge >= 0.3 is 0 Å². The molecule has 1 unspecified atom stereocenters. The number of nitrogens with one attached hydrogen (secondary N) is 2. The van der Waals surface area contributed by atoms with E-state index in [0.717, 1.165) is 19.6 Å². The number of likely N-dealkylation sites (tertiary alicyclic amines) is 1. The van der Waals surface area contributed by atoms with Gasteiger partial charge in [0.2, 0.25) is 0 Å². The maximum Gasteiger partial charge on any atom is 0.253 e. The summed E-state index contributed by atoms with van der Waals surface area (Å²) in [6, 6.07) is 1.77. The average Bonchev–Trinajstić information content (AvgIpc) is 2.48. The largest absolute Gasteiger partial charge is 0.373 e. The third-order valence-corrected chi connectivity index (χ3v) is 4.02. The predicted octanol–water partition coefficient (Wildman–Crippen LogP) is 2.38. The Bertz CT molecular complexity index is 489. The molecule has 1 aromatic rings. The Kier molecular flexibility index (Phi) is 5.82. The number of piperidine rings is 1. The third kappa shape index (κ3) is 4.58. The highest BCUT2D eigenvalue weighted by molar-refractivity contribution is 6.33. The first-order chi connectivity index (χ1) is 10.1. The lowest BCUT2D eigenvalue weighted by Gasteiger charge is -2.29. The maximum absolute atomic E-state index is 12.3. The first kappa shape index (κ1) is 16.0. The van der Waals surface area contributed by atoms with Gasteiger partial charge in [-0.15, -0.1) is 0 Å². The van der Waals surface area contributed by atoms with Crippen molar-refractivity contribution >= 4 is 23.3 Å². The van der Waals surface area contributed by atoms with Crippen LogP contribution in [0.3, 0.4) is 0 Å². The summed E-state index contributed by atoms with van der Waals surface area (Å²) in [5.41, 5.74) is 0.460. The number of amides is 1. The second-order valence-corrected chi connectivity index (χ2v) is 5.94. The molecule has 0 aliphatic carbocycles. The van der Waals surface area contributed by atoms with E-state index >= 15 is 0 Å². The van der Waals surface area contributed by atoms with Gasteiger partial charge in [0.05, 0.1) is 10.6 Å². The Balaban J connectivity index is 1.93. The molecule has 1 aliphatic heterocycles. The summed E-state index contributed by atoms with van der Waals surface area (Å²) in [6.45, 7) is 5.16. The highest BCUT2D eigenvalue weighted by Crippen LogP contribution is 2.18. The summed E-state index contributed by atoms with van der Waals surface area (Å²) in [7, 11) is 1.76. The molecular formula is C15H23ClN4O. The molecule has 1 aliphatic rings. The Morgan fingerprint density at radius 1 is 1.43 bits per heavy atom. The van der Waals surface area contributed by atoms with E-state index in [1.54, 1.807) is 13.1 Å². The van der Waals surface area contributed by atoms with E-state index in [0.29, 0.717) is 16.4 Å². The van der Waals surface area contributed by atoms with E-state index in [1.807, 2.05) is 6.92 Å². The number of aromatic nitrogens is 1. The van der Waals surface area contributed by atoms with Crippen LogP contribution in [0.2, 0.25) is 5.02 Å². The summed E-state index contributed by atoms with van der Waals surface area (Å²) in [5, 5.41) is 6.30. The second-order valence-electron chi connectivity index (χ2n) is 5.54. The highest BCUT2D eigenvalue weighted by Gasteiger charge is 2.17. The first-order valence-electron chi connectivity index (χ1n) is 7.46. The Morgan fingerprint density at radius 3 is 2.81 bits per heavy atom. The number of carbonyl (C=O) groups is 1. The van der Waals surface area contributed by atoms with Crippen LogP contribution < -0.4 is 10.6 Å². The van der Waals surface area contributed by atoms with Gasteiger partial charge in [0.1, 0.15) is 5.82 Å². The van der Waals surface area contributed by atoms with Gasteiger partial charge in [-0.3, -0.25) is 4.79 Å². The van der Waals surface area contributed by atoms with Gasteiger partial charge in [-0.05, 0) is 38.9 Å². The zero-order valence-corrected chi connectivity index (χ0v) is 13.4. The fourth-order valence-electron chi connectivity index (χ4n) is 2.63. The zero-order chi connectivity index (χ0) is 15.2. The first-order valence-corrected chi connectivity index (χ1v) is 7.84. The number of halogens is 1. The van der Waals surface area contributed by atoms with E-state index in [4.69, 9.17) is 11.6 Å². The molecule has 116 valence electrons. The minimum atomic E-state index is -0.150. The molecule has 0 radical (unpaired) electrons. The van der Waals surface area contributed by atoms with Crippen molar-refractivity contribution < 1.29 is 4.79 Å². The van der Waals surface area contributed by atoms with Crippen molar-refractivity contribution in [3.05, 3.63) is 22.8 Å². The minimum Gasteiger partial charge on any atom is -0.373 e. The molecule has 1 saturated heterocycles. The fraction of sp³-hybridized carbons (Fsp3) is 0.600. The van der Waals surface area contributed by atoms with Crippen molar-refractivity contribution in [1.29, 1.82) is 0 Å². The van der Waals surface area contributed by atoms with Crippen LogP contribution in [0.25, 0.3) is 0 Å². The molecule has 1 atom stereocenters. The van der Waals surface area contributed by atoms with Crippen molar-refractivity contribution in [2.24, 2.45) is 0 Å². The van der Waals surface area contributed by atoms with Crippen LogP contribution in [-0.4, -0.2) is 48.5 Å². The van der Waals surface area contributed by atoms with Gasteiger partial charge in [-0.1, -0.05) is 18.0 Å². The third-order valence-electron chi connectivity index (χ3n) is 3.71. The lowest BCUT2D eigenvalue weighted by atomic mass is 10.1. The lowest BCUT2D eigenvalue weighted by molar-refractivity contribution is 0.0926. The molecule has 2 heterocycles. The van der Waals surface area contributed by atoms with Crippen LogP contribution in [0, 0.1) is 0 Å². The molecule has 0 spiro atoms. The fourth-order valence-corrected chi connectivity index (χ4v) is 2.82. The van der Waals surface area contributed by atoms with Crippen LogP contribution in [-0.2, 0) is 0 Å². The topological polar surface area (TPSA) is 57.3 Å². The molecular weight excluding hydrogens is 288 g/mol. The number of rotatable bonds is 5. The summed E-state index contributed by atoms with van der Waals surface area (Å²) in [6.07, 6.45) is 5.32. The lowest BCUT2D eigenvalue weighted by Crippen LogP contribution is -2.43. The molecule has 2 N–H and O–H groups in total. The summed E-state index contributed by atoms with van der Waals surface area (Å²) >= 11 is 6.06. The Labute approximate surface area is 131 Å². The molecule has 5 nitrogen and oxygen atoms in total. The number of nitrogens with zero attached hydrogens (tertiary/aromatic N) is 2. The van der Waals surface area contributed by atoms with E-state index in [9.17, 15) is 4.79 Å². The number of hydrogen-bond donors (Lipinski definition) is 2. The molecule has 6 heteroatoms. The van der Waals surface area contributed by atoms with Crippen LogP contribution in [0.15, 0.2) is 12.3 Å². The molecule has 0 saturated carbocycles. The van der Waals surface area contributed by atoms with Gasteiger partial charge in [-0.2, -0.15) is 0 Å². The maximum atomic E-state index is 12.3. The quantitative estimate of drug-likeness (QED) is 0.877.